The number of rotatable bonds is 2. The Bertz CT molecular complexity index is 421. The molecule has 0 radical (unpaired) electrons. The largest absolute Gasteiger partial charge is 0.144 e. The molecule has 0 unspecified atom stereocenters. The van der Waals surface area contributed by atoms with Crippen molar-refractivity contribution in [3.05, 3.63) is 20.7 Å². The standard InChI is InChI=1S/C12H16S.C3H8/c1-4-8(2)12-9(3)13-7-11(12)10-5-6-10;1-3-2/h7,10H,3-6H2,1-2H3;3H2,1-2H3/b12-8+;. The topological polar surface area (TPSA) is 0 Å². The van der Waals surface area contributed by atoms with Crippen LogP contribution in [0.4, 0.5) is 0 Å². The molecule has 1 fully saturated rings. The fraction of sp³-hybridized carbons (Fsp3) is 0.600. The van der Waals surface area contributed by atoms with Crippen LogP contribution in [-0.4, -0.2) is 0 Å². The fourth-order valence-electron chi connectivity index (χ4n) is 1.77. The van der Waals surface area contributed by atoms with E-state index in [9.17, 15) is 0 Å². The molecular formula is C15H24S. The predicted molar refractivity (Wildman–Crippen MR) is 76.4 cm³/mol. The summed E-state index contributed by atoms with van der Waals surface area (Å²) in [5.74, 6) is 0.864. The first-order valence-corrected chi connectivity index (χ1v) is 7.29. The first-order chi connectivity index (χ1) is 7.65. The van der Waals surface area contributed by atoms with Crippen LogP contribution in [0.2, 0.25) is 0 Å². The van der Waals surface area contributed by atoms with Crippen molar-refractivity contribution >= 4 is 23.5 Å². The van der Waals surface area contributed by atoms with E-state index in [1.807, 2.05) is 11.3 Å². The number of thiophene rings is 1. The van der Waals surface area contributed by atoms with E-state index >= 15 is 0 Å². The van der Waals surface area contributed by atoms with Crippen molar-refractivity contribution in [1.82, 2.24) is 0 Å². The van der Waals surface area contributed by atoms with E-state index in [1.165, 1.54) is 34.6 Å². The van der Waals surface area contributed by atoms with Crippen molar-refractivity contribution < 1.29 is 0 Å². The van der Waals surface area contributed by atoms with Gasteiger partial charge in [0, 0.05) is 4.53 Å². The maximum Gasteiger partial charge on any atom is 0.0273 e. The van der Waals surface area contributed by atoms with E-state index in [-0.39, 0.29) is 0 Å². The average Bonchev–Trinajstić information content (AvgIpc) is 3.03. The Morgan fingerprint density at radius 1 is 1.38 bits per heavy atom. The lowest BCUT2D eigenvalue weighted by atomic mass is 10.1. The highest BCUT2D eigenvalue weighted by atomic mass is 32.1. The molecule has 1 heteroatoms. The van der Waals surface area contributed by atoms with Gasteiger partial charge < -0.3 is 0 Å². The second kappa shape index (κ2) is 6.24. The zero-order valence-electron chi connectivity index (χ0n) is 11.1. The highest BCUT2D eigenvalue weighted by Gasteiger charge is 2.25. The first-order valence-electron chi connectivity index (χ1n) is 6.41. The van der Waals surface area contributed by atoms with Gasteiger partial charge in [0.1, 0.15) is 0 Å². The van der Waals surface area contributed by atoms with Crippen molar-refractivity contribution in [2.75, 3.05) is 0 Å². The monoisotopic (exact) mass is 236 g/mol. The molecule has 1 aliphatic rings. The van der Waals surface area contributed by atoms with E-state index in [0.717, 1.165) is 12.3 Å². The summed E-state index contributed by atoms with van der Waals surface area (Å²) in [6.07, 6.45) is 5.18. The van der Waals surface area contributed by atoms with Crippen LogP contribution in [0.25, 0.3) is 12.2 Å². The van der Waals surface area contributed by atoms with Gasteiger partial charge in [0.05, 0.1) is 0 Å². The van der Waals surface area contributed by atoms with Crippen molar-refractivity contribution in [2.24, 2.45) is 0 Å². The fourth-order valence-corrected chi connectivity index (χ4v) is 2.76. The summed E-state index contributed by atoms with van der Waals surface area (Å²) in [6.45, 7) is 12.8. The Labute approximate surface area is 104 Å². The molecule has 1 saturated carbocycles. The third kappa shape index (κ3) is 3.21. The van der Waals surface area contributed by atoms with Crippen molar-refractivity contribution in [2.45, 2.75) is 59.3 Å². The minimum Gasteiger partial charge on any atom is -0.144 e. The van der Waals surface area contributed by atoms with Gasteiger partial charge in [0.15, 0.2) is 0 Å². The summed E-state index contributed by atoms with van der Waals surface area (Å²) < 4.78 is 1.27. The van der Waals surface area contributed by atoms with Gasteiger partial charge in [0.25, 0.3) is 0 Å². The zero-order valence-corrected chi connectivity index (χ0v) is 11.9. The van der Waals surface area contributed by atoms with Crippen molar-refractivity contribution in [3.63, 3.8) is 0 Å². The lowest BCUT2D eigenvalue weighted by molar-refractivity contribution is 1.09. The molecule has 0 aromatic carbocycles. The molecular weight excluding hydrogens is 212 g/mol. The van der Waals surface area contributed by atoms with Crippen LogP contribution in [-0.2, 0) is 0 Å². The van der Waals surface area contributed by atoms with Crippen LogP contribution >= 0.6 is 11.3 Å². The van der Waals surface area contributed by atoms with Gasteiger partial charge in [-0.1, -0.05) is 39.3 Å². The average molecular weight is 236 g/mol. The summed E-state index contributed by atoms with van der Waals surface area (Å²) in [4.78, 5) is 0. The molecule has 90 valence electrons. The summed E-state index contributed by atoms with van der Waals surface area (Å²) in [7, 11) is 0. The van der Waals surface area contributed by atoms with Gasteiger partial charge in [-0.2, -0.15) is 0 Å². The SMILES string of the molecule is C=c1scc(C2CC2)/c1=C(\C)CC.CCC. The predicted octanol–water partition coefficient (Wildman–Crippen LogP) is 4.03. The normalized spacial score (nSPS) is 16.5. The molecule has 1 heterocycles. The quantitative estimate of drug-likeness (QED) is 0.727. The molecule has 0 atom stereocenters. The first kappa shape index (κ1) is 13.5. The highest BCUT2D eigenvalue weighted by molar-refractivity contribution is 7.07. The van der Waals surface area contributed by atoms with Crippen LogP contribution in [0.3, 0.4) is 0 Å². The Kier molecular flexibility index (Phi) is 5.27. The van der Waals surface area contributed by atoms with E-state index in [4.69, 9.17) is 0 Å². The molecule has 1 aromatic heterocycles. The van der Waals surface area contributed by atoms with Gasteiger partial charge in [-0.3, -0.25) is 0 Å². The molecule has 16 heavy (non-hydrogen) atoms. The third-order valence-corrected chi connectivity index (χ3v) is 3.73. The molecule has 1 aliphatic carbocycles. The van der Waals surface area contributed by atoms with Crippen LogP contribution in [0, 0.1) is 0 Å². The van der Waals surface area contributed by atoms with Crippen LogP contribution in [0.1, 0.15) is 64.9 Å². The van der Waals surface area contributed by atoms with Gasteiger partial charge in [-0.25, -0.2) is 0 Å². The number of hydrogen-bond donors (Lipinski definition) is 0. The Morgan fingerprint density at radius 3 is 2.38 bits per heavy atom. The van der Waals surface area contributed by atoms with Crippen molar-refractivity contribution in [1.29, 1.82) is 0 Å². The molecule has 0 N–H and O–H groups in total. The maximum absolute atomic E-state index is 4.12. The van der Waals surface area contributed by atoms with Gasteiger partial charge in [0.2, 0.25) is 0 Å². The van der Waals surface area contributed by atoms with Gasteiger partial charge in [-0.05, 0) is 48.3 Å². The molecule has 1 aromatic rings. The lowest BCUT2D eigenvalue weighted by Crippen LogP contribution is -2.22. The molecule has 0 bridgehead atoms. The minimum absolute atomic E-state index is 0.864. The second-order valence-electron chi connectivity index (χ2n) is 4.60. The summed E-state index contributed by atoms with van der Waals surface area (Å²) in [6, 6.07) is 0. The van der Waals surface area contributed by atoms with E-state index in [0.29, 0.717) is 0 Å². The summed E-state index contributed by atoms with van der Waals surface area (Å²) in [5, 5.41) is 3.80. The van der Waals surface area contributed by atoms with E-state index in [1.54, 1.807) is 5.56 Å². The molecule has 0 nitrogen and oxygen atoms in total. The molecule has 0 saturated heterocycles. The van der Waals surface area contributed by atoms with Gasteiger partial charge in [-0.15, -0.1) is 11.3 Å². The molecule has 0 amide bonds. The summed E-state index contributed by atoms with van der Waals surface area (Å²) in [5.41, 5.74) is 3.09. The molecule has 0 spiro atoms. The van der Waals surface area contributed by atoms with E-state index < -0.39 is 0 Å². The van der Waals surface area contributed by atoms with Crippen LogP contribution < -0.4 is 9.75 Å². The Balaban J connectivity index is 0.000000386. The minimum atomic E-state index is 0.864. The molecule has 0 aliphatic heterocycles. The highest BCUT2D eigenvalue weighted by Crippen LogP contribution is 2.38. The Hall–Kier alpha value is -0.560. The Morgan fingerprint density at radius 2 is 1.94 bits per heavy atom. The smallest absolute Gasteiger partial charge is 0.0273 e. The second-order valence-corrected chi connectivity index (χ2v) is 5.57. The zero-order chi connectivity index (χ0) is 12.1. The van der Waals surface area contributed by atoms with Crippen LogP contribution in [0.5, 0.6) is 0 Å². The number of hydrogen-bond acceptors (Lipinski definition) is 1. The summed E-state index contributed by atoms with van der Waals surface area (Å²) >= 11 is 1.81. The lowest BCUT2D eigenvalue weighted by Gasteiger charge is -1.96. The van der Waals surface area contributed by atoms with E-state index in [2.05, 4.69) is 39.7 Å². The third-order valence-electron chi connectivity index (χ3n) is 2.87. The maximum atomic E-state index is 4.12. The molecule has 2 rings (SSSR count). The van der Waals surface area contributed by atoms with Crippen LogP contribution in [0.15, 0.2) is 5.38 Å². The van der Waals surface area contributed by atoms with Crippen molar-refractivity contribution in [3.8, 4) is 0 Å². The van der Waals surface area contributed by atoms with Gasteiger partial charge >= 0.3 is 0 Å².